The van der Waals surface area contributed by atoms with Gasteiger partial charge in [0.05, 0.1) is 16.7 Å². The van der Waals surface area contributed by atoms with Gasteiger partial charge in [-0.25, -0.2) is 0 Å². The van der Waals surface area contributed by atoms with E-state index in [1.165, 1.54) is 4.90 Å². The molecular weight excluding hydrogens is 734 g/mol. The van der Waals surface area contributed by atoms with Crippen LogP contribution in [0.5, 0.6) is 0 Å². The van der Waals surface area contributed by atoms with Crippen LogP contribution in [0, 0.1) is 0 Å². The predicted octanol–water partition coefficient (Wildman–Crippen LogP) is -1.22. The van der Waals surface area contributed by atoms with Crippen LogP contribution in [0.3, 0.4) is 0 Å². The summed E-state index contributed by atoms with van der Waals surface area (Å²) in [5.74, 6) is 0. The summed E-state index contributed by atoms with van der Waals surface area (Å²) in [5, 5.41) is 2.14. The number of nitrogens with zero attached hydrogens (tertiary/aromatic N) is 2. The van der Waals surface area contributed by atoms with Crippen molar-refractivity contribution >= 4 is 199 Å². The minimum atomic E-state index is -0.0186. The molecule has 0 fully saturated rings. The molecule has 0 saturated carbocycles. The summed E-state index contributed by atoms with van der Waals surface area (Å²) in [4.78, 5) is 1.46. The van der Waals surface area contributed by atoms with Gasteiger partial charge in [0.1, 0.15) is 94.2 Å². The Morgan fingerprint density at radius 1 is 0.290 bits per heavy atom. The van der Waals surface area contributed by atoms with Crippen molar-refractivity contribution in [3.63, 3.8) is 0 Å². The molecule has 0 aliphatic heterocycles. The van der Waals surface area contributed by atoms with Gasteiger partial charge in [-0.2, -0.15) is 0 Å². The topological polar surface area (TPSA) is 8.17 Å². The van der Waals surface area contributed by atoms with E-state index in [1.807, 2.05) is 109 Å². The van der Waals surface area contributed by atoms with Gasteiger partial charge < -0.3 is 9.47 Å². The summed E-state index contributed by atoms with van der Waals surface area (Å²) < 4.78 is 2.16. The van der Waals surface area contributed by atoms with Crippen molar-refractivity contribution in [2.75, 3.05) is 4.90 Å². The van der Waals surface area contributed by atoms with E-state index < -0.39 is 0 Å². The van der Waals surface area contributed by atoms with Crippen molar-refractivity contribution in [3.8, 4) is 39.1 Å². The number of rotatable bonds is 7. The van der Waals surface area contributed by atoms with E-state index in [1.54, 1.807) is 0 Å². The fourth-order valence-electron chi connectivity index (χ4n) is 8.69. The molecule has 14 heteroatoms. The Morgan fingerprint density at radius 3 is 0.984 bits per heavy atom. The average molecular weight is 756 g/mol. The lowest BCUT2D eigenvalue weighted by atomic mass is 9.61. The highest BCUT2D eigenvalue weighted by atomic mass is 15.2. The zero-order valence-corrected chi connectivity index (χ0v) is 33.5. The molecule has 260 valence electrons. The first kappa shape index (κ1) is 41.5. The Balaban J connectivity index is 1.36. The monoisotopic (exact) mass is 758 g/mol. The van der Waals surface area contributed by atoms with E-state index in [4.69, 9.17) is 94.2 Å². The first-order valence-corrected chi connectivity index (χ1v) is 19.6. The highest BCUT2D eigenvalue weighted by Crippen LogP contribution is 2.36. The third-order valence-corrected chi connectivity index (χ3v) is 11.7. The van der Waals surface area contributed by atoms with Crippen molar-refractivity contribution in [2.24, 2.45) is 0 Å². The summed E-state index contributed by atoms with van der Waals surface area (Å²) in [6.45, 7) is 0. The highest BCUT2D eigenvalue weighted by molar-refractivity contribution is 6.68. The van der Waals surface area contributed by atoms with Crippen molar-refractivity contribution in [1.29, 1.82) is 0 Å². The smallest absolute Gasteiger partial charge is 0.115 e. The van der Waals surface area contributed by atoms with Crippen molar-refractivity contribution in [1.82, 2.24) is 4.57 Å². The molecule has 0 bridgehead atoms. The molecule has 0 N–H and O–H groups in total. The minimum absolute atomic E-state index is 0.00430. The molecule has 9 aromatic rings. The molecule has 8 aromatic carbocycles. The molecule has 0 aliphatic carbocycles. The molecule has 1 heterocycles. The third-order valence-electron chi connectivity index (χ3n) is 11.7. The van der Waals surface area contributed by atoms with E-state index in [0.717, 1.165) is 27.5 Å². The Hall–Kier alpha value is -5.86. The lowest BCUT2D eigenvalue weighted by molar-refractivity contribution is 1.18. The minimum Gasteiger partial charge on any atom is -0.314 e. The zero-order valence-electron chi connectivity index (χ0n) is 33.5. The molecule has 0 spiro atoms. The van der Waals surface area contributed by atoms with Crippen LogP contribution < -0.4 is 70.5 Å². The fourth-order valence-corrected chi connectivity index (χ4v) is 8.69. The molecule has 2 nitrogen and oxygen atoms in total. The molecule has 0 unspecified atom stereocenters. The molecule has 0 atom stereocenters. The van der Waals surface area contributed by atoms with Crippen molar-refractivity contribution in [2.45, 2.75) is 0 Å². The molecule has 0 amide bonds. The first-order chi connectivity index (χ1) is 29.8. The Labute approximate surface area is 378 Å². The van der Waals surface area contributed by atoms with Gasteiger partial charge in [0.25, 0.3) is 0 Å². The number of benzene rings is 8. The van der Waals surface area contributed by atoms with Crippen LogP contribution in [0.25, 0.3) is 60.9 Å². The molecule has 62 heavy (non-hydrogen) atoms. The molecular formula is C48H22B12N2. The molecule has 9 rings (SSSR count). The van der Waals surface area contributed by atoms with Crippen LogP contribution in [0.4, 0.5) is 17.1 Å². The maximum Gasteiger partial charge on any atom is 0.115 e. The number of fused-ring (bicyclic) bond motifs is 3. The van der Waals surface area contributed by atoms with Crippen LogP contribution in [-0.4, -0.2) is 98.7 Å². The maximum atomic E-state index is 7.21. The molecule has 24 radical (unpaired) electrons. The summed E-state index contributed by atoms with van der Waals surface area (Å²) in [5.41, 5.74) is 6.63. The van der Waals surface area contributed by atoms with Gasteiger partial charge in [0.2, 0.25) is 0 Å². The van der Waals surface area contributed by atoms with Gasteiger partial charge in [-0.3, -0.25) is 0 Å². The van der Waals surface area contributed by atoms with Crippen LogP contribution in [-0.2, 0) is 0 Å². The van der Waals surface area contributed by atoms with Gasteiger partial charge in [-0.05, 0) is 46.0 Å². The summed E-state index contributed by atoms with van der Waals surface area (Å²) >= 11 is 0. The Morgan fingerprint density at radius 2 is 0.597 bits per heavy atom. The highest BCUT2D eigenvalue weighted by Gasteiger charge is 2.30. The fraction of sp³-hybridized carbons (Fsp3) is 0. The lowest BCUT2D eigenvalue weighted by Gasteiger charge is -2.40. The molecule has 0 saturated heterocycles. The van der Waals surface area contributed by atoms with Gasteiger partial charge in [-0.15, -0.1) is 0 Å². The standard InChI is InChI=1S/C48H22B12N2/c49-34-31(23-13-3-1-4-14-23)35(50)41(56)46(40(34)55)62(47-42(57)36(51)32(37(52)43(47)58)24-15-5-2-6-16-24)48-44(59)38(53)33(39(54)45(48)60)27-19-9-12-22-30(27)61-28-20-10-7-17-25(28)26-18-8-11-21-29(26)61/h1-22H. The van der Waals surface area contributed by atoms with Gasteiger partial charge in [0.15, 0.2) is 0 Å². The number of para-hydroxylation sites is 3. The number of hydrogen-bond donors (Lipinski definition) is 0. The third kappa shape index (κ3) is 6.35. The lowest BCUT2D eigenvalue weighted by Crippen LogP contribution is -2.54. The van der Waals surface area contributed by atoms with Crippen molar-refractivity contribution < 1.29 is 0 Å². The maximum absolute atomic E-state index is 7.21. The van der Waals surface area contributed by atoms with Crippen molar-refractivity contribution in [3.05, 3.63) is 133 Å². The zero-order chi connectivity index (χ0) is 43.7. The summed E-state index contributed by atoms with van der Waals surface area (Å²) in [6, 6.07) is 42.5. The summed E-state index contributed by atoms with van der Waals surface area (Å²) in [6.07, 6.45) is 0. The van der Waals surface area contributed by atoms with E-state index in [0.29, 0.717) is 33.4 Å². The number of anilines is 3. The van der Waals surface area contributed by atoms with Crippen LogP contribution in [0.1, 0.15) is 0 Å². The number of aromatic nitrogens is 1. The second-order valence-electron chi connectivity index (χ2n) is 15.1. The molecule has 0 aliphatic rings. The van der Waals surface area contributed by atoms with Crippen LogP contribution in [0.2, 0.25) is 0 Å². The van der Waals surface area contributed by atoms with Gasteiger partial charge in [0, 0.05) is 33.4 Å². The second-order valence-corrected chi connectivity index (χ2v) is 15.1. The first-order valence-electron chi connectivity index (χ1n) is 19.6. The van der Waals surface area contributed by atoms with E-state index in [-0.39, 0.29) is 82.6 Å². The quantitative estimate of drug-likeness (QED) is 0.186. The van der Waals surface area contributed by atoms with E-state index >= 15 is 0 Å². The number of hydrogen-bond acceptors (Lipinski definition) is 1. The van der Waals surface area contributed by atoms with E-state index in [2.05, 4.69) is 28.8 Å². The Bertz CT molecular complexity index is 3030. The largest absolute Gasteiger partial charge is 0.314 e. The molecule has 1 aromatic heterocycles. The van der Waals surface area contributed by atoms with E-state index in [9.17, 15) is 0 Å². The van der Waals surface area contributed by atoms with Gasteiger partial charge in [-0.1, -0.05) is 181 Å². The van der Waals surface area contributed by atoms with Crippen LogP contribution in [0.15, 0.2) is 133 Å². The summed E-state index contributed by atoms with van der Waals surface area (Å²) in [7, 11) is 84.4. The normalized spacial score (nSPS) is 11.4. The second kappa shape index (κ2) is 16.1. The Kier molecular flexibility index (Phi) is 10.8. The average Bonchev–Trinajstić information content (AvgIpc) is 3.62. The predicted molar refractivity (Wildman–Crippen MR) is 276 cm³/mol. The van der Waals surface area contributed by atoms with Crippen LogP contribution >= 0.6 is 0 Å². The van der Waals surface area contributed by atoms with Gasteiger partial charge >= 0.3 is 0 Å². The SMILES string of the molecule is [B]c1c([B])c(N(c2c([B])c([B])c(-c3ccccc3)c([B])c2[B])c2c([B])c([B])c(-c3ccccc3-n3c4ccccc4c4ccccc43)c([B])c2[B])c([B])c([B])c1-c1ccccc1.